The van der Waals surface area contributed by atoms with Gasteiger partial charge in [0.1, 0.15) is 5.82 Å². The Kier molecular flexibility index (Phi) is 3.67. The molecule has 6 nitrogen and oxygen atoms in total. The predicted molar refractivity (Wildman–Crippen MR) is 88.0 cm³/mol. The molecule has 0 aromatic carbocycles. The van der Waals surface area contributed by atoms with Crippen LogP contribution < -0.4 is 5.32 Å². The summed E-state index contributed by atoms with van der Waals surface area (Å²) in [6.07, 6.45) is -1.12. The Morgan fingerprint density at radius 2 is 2.08 bits per heavy atom. The van der Waals surface area contributed by atoms with Crippen LogP contribution in [0.3, 0.4) is 0 Å². The first kappa shape index (κ1) is 16.5. The zero-order chi connectivity index (χ0) is 18.5. The number of anilines is 1. The van der Waals surface area contributed by atoms with Gasteiger partial charge in [-0.15, -0.1) is 0 Å². The summed E-state index contributed by atoms with van der Waals surface area (Å²) < 4.78 is 38.3. The lowest BCUT2D eigenvalue weighted by molar-refractivity contribution is -0.144. The third-order valence-corrected chi connectivity index (χ3v) is 4.39. The molecule has 134 valence electrons. The molecule has 3 heterocycles. The number of fused-ring (bicyclic) bond motifs is 1. The zero-order valence-electron chi connectivity index (χ0n) is 13.6. The summed E-state index contributed by atoms with van der Waals surface area (Å²) in [7, 11) is 0. The highest BCUT2D eigenvalue weighted by Crippen LogP contribution is 2.38. The first-order valence-electron chi connectivity index (χ1n) is 8.01. The van der Waals surface area contributed by atoms with E-state index in [4.69, 9.17) is 0 Å². The van der Waals surface area contributed by atoms with E-state index >= 15 is 0 Å². The normalized spacial score (nSPS) is 19.5. The number of pyridine rings is 1. The fourth-order valence-electron chi connectivity index (χ4n) is 2.78. The van der Waals surface area contributed by atoms with E-state index in [2.05, 4.69) is 25.3 Å². The second kappa shape index (κ2) is 5.79. The Labute approximate surface area is 145 Å². The molecule has 1 aliphatic rings. The van der Waals surface area contributed by atoms with Crippen LogP contribution in [0.4, 0.5) is 19.0 Å². The average Bonchev–Trinajstić information content (AvgIpc) is 3.17. The quantitative estimate of drug-likeness (QED) is 0.746. The SMILES string of the molecule is C[C@@H]1C[C@H]1C(=O)Nc1cc2[nH]c(-c3ccnc(C(F)(F)F)n3)cc2cn1. The molecule has 4 rings (SSSR count). The van der Waals surface area contributed by atoms with E-state index in [0.717, 1.165) is 12.6 Å². The van der Waals surface area contributed by atoms with Gasteiger partial charge in [0.15, 0.2) is 0 Å². The fourth-order valence-corrected chi connectivity index (χ4v) is 2.78. The number of halogens is 3. The molecule has 9 heteroatoms. The van der Waals surface area contributed by atoms with Crippen LogP contribution in [0.15, 0.2) is 30.6 Å². The van der Waals surface area contributed by atoms with Gasteiger partial charge in [0.25, 0.3) is 0 Å². The lowest BCUT2D eigenvalue weighted by Gasteiger charge is -2.05. The molecule has 0 aliphatic heterocycles. The van der Waals surface area contributed by atoms with Crippen LogP contribution in [-0.2, 0) is 11.0 Å². The number of rotatable bonds is 3. The Morgan fingerprint density at radius 1 is 1.31 bits per heavy atom. The molecule has 1 aliphatic carbocycles. The van der Waals surface area contributed by atoms with Gasteiger partial charge in [-0.1, -0.05) is 6.92 Å². The van der Waals surface area contributed by atoms with Gasteiger partial charge in [0.05, 0.1) is 16.9 Å². The van der Waals surface area contributed by atoms with Crippen LogP contribution in [0.5, 0.6) is 0 Å². The minimum Gasteiger partial charge on any atom is -0.353 e. The van der Waals surface area contributed by atoms with Crippen molar-refractivity contribution in [3.05, 3.63) is 36.4 Å². The van der Waals surface area contributed by atoms with E-state index in [1.54, 1.807) is 18.3 Å². The molecule has 0 unspecified atom stereocenters. The van der Waals surface area contributed by atoms with Crippen molar-refractivity contribution in [2.24, 2.45) is 11.8 Å². The van der Waals surface area contributed by atoms with Crippen molar-refractivity contribution in [1.82, 2.24) is 19.9 Å². The summed E-state index contributed by atoms with van der Waals surface area (Å²) in [4.78, 5) is 26.0. The number of nitrogens with zero attached hydrogens (tertiary/aromatic N) is 3. The highest BCUT2D eigenvalue weighted by Gasteiger charge is 2.39. The molecule has 3 aromatic rings. The van der Waals surface area contributed by atoms with Crippen molar-refractivity contribution >= 4 is 22.6 Å². The lowest BCUT2D eigenvalue weighted by atomic mass is 10.2. The van der Waals surface area contributed by atoms with Gasteiger partial charge in [-0.25, -0.2) is 15.0 Å². The first-order valence-corrected chi connectivity index (χ1v) is 8.01. The van der Waals surface area contributed by atoms with E-state index in [1.165, 1.54) is 6.07 Å². The van der Waals surface area contributed by atoms with Crippen molar-refractivity contribution in [2.45, 2.75) is 19.5 Å². The van der Waals surface area contributed by atoms with Gasteiger partial charge in [0.2, 0.25) is 11.7 Å². The van der Waals surface area contributed by atoms with Crippen LogP contribution in [0, 0.1) is 11.8 Å². The molecule has 0 spiro atoms. The summed E-state index contributed by atoms with van der Waals surface area (Å²) >= 11 is 0. The second-order valence-corrected chi connectivity index (χ2v) is 6.41. The van der Waals surface area contributed by atoms with Gasteiger partial charge in [0, 0.05) is 29.8 Å². The molecule has 0 radical (unpaired) electrons. The largest absolute Gasteiger partial charge is 0.451 e. The number of amides is 1. The number of hydrogen-bond donors (Lipinski definition) is 2. The number of hydrogen-bond acceptors (Lipinski definition) is 4. The van der Waals surface area contributed by atoms with Crippen LogP contribution in [0.25, 0.3) is 22.3 Å². The number of aromatic amines is 1. The number of H-pyrrole nitrogens is 1. The molecule has 0 bridgehead atoms. The van der Waals surface area contributed by atoms with E-state index in [9.17, 15) is 18.0 Å². The minimum absolute atomic E-state index is 0.0218. The Bertz CT molecular complexity index is 997. The number of carbonyl (C=O) groups excluding carboxylic acids is 1. The summed E-state index contributed by atoms with van der Waals surface area (Å²) in [6, 6.07) is 4.69. The maximum atomic E-state index is 12.8. The monoisotopic (exact) mass is 361 g/mol. The predicted octanol–water partition coefficient (Wildman–Crippen LogP) is 3.63. The molecule has 26 heavy (non-hydrogen) atoms. The third-order valence-electron chi connectivity index (χ3n) is 4.39. The number of aromatic nitrogens is 4. The van der Waals surface area contributed by atoms with Gasteiger partial charge in [-0.05, 0) is 24.5 Å². The highest BCUT2D eigenvalue weighted by molar-refractivity contribution is 5.95. The van der Waals surface area contributed by atoms with E-state index in [1.807, 2.05) is 6.92 Å². The Hall–Kier alpha value is -2.97. The van der Waals surface area contributed by atoms with Gasteiger partial charge < -0.3 is 10.3 Å². The van der Waals surface area contributed by atoms with Crippen molar-refractivity contribution in [3.8, 4) is 11.4 Å². The maximum Gasteiger partial charge on any atom is 0.451 e. The van der Waals surface area contributed by atoms with E-state index in [0.29, 0.717) is 28.3 Å². The van der Waals surface area contributed by atoms with Crippen LogP contribution in [0.1, 0.15) is 19.2 Å². The Morgan fingerprint density at radius 3 is 2.77 bits per heavy atom. The second-order valence-electron chi connectivity index (χ2n) is 6.41. The average molecular weight is 361 g/mol. The molecule has 1 saturated carbocycles. The molecule has 1 amide bonds. The third kappa shape index (κ3) is 3.12. The smallest absolute Gasteiger partial charge is 0.353 e. The van der Waals surface area contributed by atoms with Gasteiger partial charge in [-0.3, -0.25) is 4.79 Å². The number of carbonyl (C=O) groups is 1. The molecule has 0 saturated heterocycles. The molecule has 3 aromatic heterocycles. The standard InChI is InChI=1S/C17H14F3N5O/c1-8-4-10(8)15(26)25-14-6-12-9(7-22-14)5-13(23-12)11-2-3-21-16(24-11)17(18,19)20/h2-3,5-8,10,23H,4H2,1H3,(H,22,25,26)/t8-,10-/m1/s1. The molecule has 2 atom stereocenters. The summed E-state index contributed by atoms with van der Waals surface area (Å²) in [5.41, 5.74) is 1.18. The lowest BCUT2D eigenvalue weighted by Crippen LogP contribution is -2.15. The highest BCUT2D eigenvalue weighted by atomic mass is 19.4. The molecule has 1 fully saturated rings. The molecular weight excluding hydrogens is 347 g/mol. The fraction of sp³-hybridized carbons (Fsp3) is 0.294. The first-order chi connectivity index (χ1) is 12.3. The van der Waals surface area contributed by atoms with Crippen molar-refractivity contribution in [2.75, 3.05) is 5.32 Å². The number of nitrogens with one attached hydrogen (secondary N) is 2. The van der Waals surface area contributed by atoms with Crippen molar-refractivity contribution in [1.29, 1.82) is 0 Å². The van der Waals surface area contributed by atoms with Crippen LogP contribution in [-0.4, -0.2) is 25.8 Å². The maximum absolute atomic E-state index is 12.8. The summed E-state index contributed by atoms with van der Waals surface area (Å²) in [6.45, 7) is 2.01. The summed E-state index contributed by atoms with van der Waals surface area (Å²) in [5.74, 6) is -0.460. The van der Waals surface area contributed by atoms with Crippen molar-refractivity contribution in [3.63, 3.8) is 0 Å². The zero-order valence-corrected chi connectivity index (χ0v) is 13.6. The van der Waals surface area contributed by atoms with Gasteiger partial charge >= 0.3 is 6.18 Å². The Balaban J connectivity index is 1.63. The van der Waals surface area contributed by atoms with Crippen LogP contribution in [0.2, 0.25) is 0 Å². The molecule has 2 N–H and O–H groups in total. The van der Waals surface area contributed by atoms with Crippen LogP contribution >= 0.6 is 0 Å². The molecular formula is C17H14F3N5O. The topological polar surface area (TPSA) is 83.6 Å². The van der Waals surface area contributed by atoms with Crippen molar-refractivity contribution < 1.29 is 18.0 Å². The summed E-state index contributed by atoms with van der Waals surface area (Å²) in [5, 5.41) is 3.46. The minimum atomic E-state index is -4.61. The number of alkyl halides is 3. The van der Waals surface area contributed by atoms with E-state index < -0.39 is 12.0 Å². The van der Waals surface area contributed by atoms with E-state index in [-0.39, 0.29) is 17.5 Å². The van der Waals surface area contributed by atoms with Gasteiger partial charge in [-0.2, -0.15) is 13.2 Å².